The van der Waals surface area contributed by atoms with Gasteiger partial charge in [-0.3, -0.25) is 4.79 Å². The van der Waals surface area contributed by atoms with E-state index >= 15 is 0 Å². The molecule has 0 N–H and O–H groups in total. The normalized spacial score (nSPS) is 17.4. The molecule has 0 aromatic heterocycles. The Hall–Kier alpha value is -1.31. The summed E-state index contributed by atoms with van der Waals surface area (Å²) in [5.41, 5.74) is 1.21. The second-order valence-corrected chi connectivity index (χ2v) is 5.97. The molecule has 1 aliphatic rings. The smallest absolute Gasteiger partial charge is 0.253 e. The number of benzene rings is 1. The van der Waals surface area contributed by atoms with Gasteiger partial charge in [0.05, 0.1) is 0 Å². The monoisotopic (exact) mass is 275 g/mol. The van der Waals surface area contributed by atoms with Crippen molar-refractivity contribution in [2.75, 3.05) is 13.1 Å². The van der Waals surface area contributed by atoms with Gasteiger partial charge in [-0.15, -0.1) is 0 Å². The highest BCUT2D eigenvalue weighted by Gasteiger charge is 2.34. The molecule has 1 saturated heterocycles. The molecular weight excluding hydrogens is 246 g/mol. The Labute approximate surface area is 124 Å². The number of carbonyl (C=O) groups excluding carboxylic acids is 1. The number of likely N-dealkylation sites (tertiary alicyclic amines) is 1. The lowest BCUT2D eigenvalue weighted by Crippen LogP contribution is -2.43. The first-order chi connectivity index (χ1) is 9.53. The minimum absolute atomic E-state index is 0.182. The summed E-state index contributed by atoms with van der Waals surface area (Å²) in [5.74, 6) is 0.868. The van der Waals surface area contributed by atoms with Crippen molar-refractivity contribution in [2.24, 2.45) is 11.3 Å². The molecule has 0 atom stereocenters. The van der Waals surface area contributed by atoms with E-state index in [0.717, 1.165) is 31.5 Å². The van der Waals surface area contributed by atoms with Crippen LogP contribution in [-0.4, -0.2) is 23.9 Å². The number of amides is 1. The van der Waals surface area contributed by atoms with Gasteiger partial charge in [-0.05, 0) is 36.3 Å². The van der Waals surface area contributed by atoms with E-state index in [9.17, 15) is 4.79 Å². The lowest BCUT2D eigenvalue weighted by Gasteiger charge is -2.42. The Balaban J connectivity index is 0.000000956. The van der Waals surface area contributed by atoms with E-state index in [1.807, 2.05) is 49.1 Å². The van der Waals surface area contributed by atoms with Crippen molar-refractivity contribution >= 4 is 5.91 Å². The maximum Gasteiger partial charge on any atom is 0.253 e. The van der Waals surface area contributed by atoms with Gasteiger partial charge in [0.25, 0.3) is 5.91 Å². The molecule has 1 aromatic carbocycles. The molecule has 0 unspecified atom stereocenters. The third-order valence-corrected chi connectivity index (χ3v) is 4.61. The summed E-state index contributed by atoms with van der Waals surface area (Å²) in [4.78, 5) is 14.3. The molecule has 1 aliphatic heterocycles. The molecule has 1 amide bonds. The Kier molecular flexibility index (Phi) is 6.25. The van der Waals surface area contributed by atoms with E-state index in [-0.39, 0.29) is 5.91 Å². The van der Waals surface area contributed by atoms with Crippen LogP contribution in [-0.2, 0) is 0 Å². The minimum Gasteiger partial charge on any atom is -0.339 e. The largest absolute Gasteiger partial charge is 0.339 e. The first kappa shape index (κ1) is 16.7. The molecule has 0 spiro atoms. The number of hydrogen-bond acceptors (Lipinski definition) is 1. The van der Waals surface area contributed by atoms with Crippen molar-refractivity contribution in [3.05, 3.63) is 35.9 Å². The molecule has 112 valence electrons. The predicted octanol–water partition coefficient (Wildman–Crippen LogP) is 4.61. The van der Waals surface area contributed by atoms with Gasteiger partial charge in [-0.2, -0.15) is 0 Å². The molecule has 1 aromatic rings. The lowest BCUT2D eigenvalue weighted by atomic mass is 9.72. The highest BCUT2D eigenvalue weighted by molar-refractivity contribution is 5.94. The highest BCUT2D eigenvalue weighted by atomic mass is 16.2. The van der Waals surface area contributed by atoms with Crippen LogP contribution in [0.15, 0.2) is 30.3 Å². The number of hydrogen-bond donors (Lipinski definition) is 0. The van der Waals surface area contributed by atoms with E-state index < -0.39 is 0 Å². The molecule has 0 radical (unpaired) electrons. The zero-order valence-electron chi connectivity index (χ0n) is 13.6. The van der Waals surface area contributed by atoms with Crippen LogP contribution in [0.25, 0.3) is 0 Å². The van der Waals surface area contributed by atoms with Crippen LogP contribution in [0.1, 0.15) is 57.8 Å². The molecule has 2 nitrogen and oxygen atoms in total. The summed E-state index contributed by atoms with van der Waals surface area (Å²) >= 11 is 0. The van der Waals surface area contributed by atoms with Gasteiger partial charge in [0.1, 0.15) is 0 Å². The van der Waals surface area contributed by atoms with Crippen molar-refractivity contribution in [3.63, 3.8) is 0 Å². The van der Waals surface area contributed by atoms with Gasteiger partial charge in [-0.25, -0.2) is 0 Å². The molecule has 0 saturated carbocycles. The third-order valence-electron chi connectivity index (χ3n) is 4.61. The van der Waals surface area contributed by atoms with Crippen LogP contribution in [0.2, 0.25) is 0 Å². The van der Waals surface area contributed by atoms with Crippen LogP contribution >= 0.6 is 0 Å². The van der Waals surface area contributed by atoms with Crippen LogP contribution in [0, 0.1) is 11.3 Å². The van der Waals surface area contributed by atoms with E-state index in [2.05, 4.69) is 20.8 Å². The second kappa shape index (κ2) is 7.47. The first-order valence-corrected chi connectivity index (χ1v) is 7.87. The zero-order valence-corrected chi connectivity index (χ0v) is 13.6. The van der Waals surface area contributed by atoms with E-state index in [4.69, 9.17) is 0 Å². The number of piperidine rings is 1. The fourth-order valence-corrected chi connectivity index (χ4v) is 2.56. The molecule has 2 rings (SSSR count). The maximum atomic E-state index is 12.3. The van der Waals surface area contributed by atoms with Crippen LogP contribution in [0.3, 0.4) is 0 Å². The van der Waals surface area contributed by atoms with Crippen molar-refractivity contribution in [1.82, 2.24) is 4.90 Å². The van der Waals surface area contributed by atoms with Crippen LogP contribution in [0.5, 0.6) is 0 Å². The topological polar surface area (TPSA) is 20.3 Å². The molecule has 1 heterocycles. The maximum absolute atomic E-state index is 12.3. The number of carbonyl (C=O) groups is 1. The van der Waals surface area contributed by atoms with Crippen molar-refractivity contribution in [1.29, 1.82) is 0 Å². The number of rotatable bonds is 2. The second-order valence-electron chi connectivity index (χ2n) is 5.97. The van der Waals surface area contributed by atoms with Crippen molar-refractivity contribution in [3.8, 4) is 0 Å². The van der Waals surface area contributed by atoms with Gasteiger partial charge in [-0.1, -0.05) is 52.8 Å². The summed E-state index contributed by atoms with van der Waals surface area (Å²) in [6, 6.07) is 9.60. The Morgan fingerprint density at radius 3 is 2.05 bits per heavy atom. The van der Waals surface area contributed by atoms with Crippen molar-refractivity contribution in [2.45, 2.75) is 47.5 Å². The average Bonchev–Trinajstić information content (AvgIpc) is 2.50. The minimum atomic E-state index is 0.182. The molecular formula is C18H29NO. The van der Waals surface area contributed by atoms with Gasteiger partial charge >= 0.3 is 0 Å². The van der Waals surface area contributed by atoms with E-state index in [0.29, 0.717) is 11.3 Å². The Bertz CT molecular complexity index is 403. The Morgan fingerprint density at radius 1 is 1.10 bits per heavy atom. The Morgan fingerprint density at radius 2 is 1.60 bits per heavy atom. The molecule has 0 bridgehead atoms. The van der Waals surface area contributed by atoms with Crippen LogP contribution < -0.4 is 0 Å². The van der Waals surface area contributed by atoms with E-state index in [1.165, 1.54) is 0 Å². The zero-order chi connectivity index (χ0) is 15.2. The van der Waals surface area contributed by atoms with Gasteiger partial charge < -0.3 is 4.90 Å². The first-order valence-electron chi connectivity index (χ1n) is 7.87. The summed E-state index contributed by atoms with van der Waals surface area (Å²) in [6.45, 7) is 12.7. The quantitative estimate of drug-likeness (QED) is 0.771. The lowest BCUT2D eigenvalue weighted by molar-refractivity contribution is 0.0508. The van der Waals surface area contributed by atoms with Gasteiger partial charge in [0.15, 0.2) is 0 Å². The molecule has 20 heavy (non-hydrogen) atoms. The SMILES string of the molecule is CC.CC(C)C1(C)CCN(C(=O)c2ccccc2)CC1. The summed E-state index contributed by atoms with van der Waals surface area (Å²) < 4.78 is 0. The van der Waals surface area contributed by atoms with Gasteiger partial charge in [0, 0.05) is 18.7 Å². The molecule has 0 aliphatic carbocycles. The fraction of sp³-hybridized carbons (Fsp3) is 0.611. The predicted molar refractivity (Wildman–Crippen MR) is 85.9 cm³/mol. The van der Waals surface area contributed by atoms with Crippen molar-refractivity contribution < 1.29 is 4.79 Å². The fourth-order valence-electron chi connectivity index (χ4n) is 2.56. The number of nitrogens with zero attached hydrogens (tertiary/aromatic N) is 1. The van der Waals surface area contributed by atoms with E-state index in [1.54, 1.807) is 0 Å². The molecule has 2 heteroatoms. The standard InChI is InChI=1S/C16H23NO.C2H6/c1-13(2)16(3)9-11-17(12-10-16)15(18)14-7-5-4-6-8-14;1-2/h4-8,13H,9-12H2,1-3H3;1-2H3. The van der Waals surface area contributed by atoms with Crippen LogP contribution in [0.4, 0.5) is 0 Å². The summed E-state index contributed by atoms with van der Waals surface area (Å²) in [6.07, 6.45) is 2.23. The molecule has 1 fully saturated rings. The highest BCUT2D eigenvalue weighted by Crippen LogP contribution is 2.38. The average molecular weight is 275 g/mol. The third kappa shape index (κ3) is 3.84. The summed E-state index contributed by atoms with van der Waals surface area (Å²) in [5, 5.41) is 0. The summed E-state index contributed by atoms with van der Waals surface area (Å²) in [7, 11) is 0. The van der Waals surface area contributed by atoms with Gasteiger partial charge in [0.2, 0.25) is 0 Å².